The molecule has 1 aromatic carbocycles. The van der Waals surface area contributed by atoms with Crippen LogP contribution in [0, 0.1) is 12.3 Å². The first-order chi connectivity index (χ1) is 9.76. The summed E-state index contributed by atoms with van der Waals surface area (Å²) >= 11 is 6.01. The van der Waals surface area contributed by atoms with E-state index in [4.69, 9.17) is 11.6 Å². The molecule has 1 fully saturated rings. The molecule has 4 heteroatoms. The zero-order chi connectivity index (χ0) is 15.6. The Balaban J connectivity index is 1.95. The third-order valence-corrected chi connectivity index (χ3v) is 4.05. The quantitative estimate of drug-likeness (QED) is 0.831. The maximum atomic E-state index is 12.3. The largest absolute Gasteiger partial charge is 0.368 e. The van der Waals surface area contributed by atoms with Gasteiger partial charge in [0, 0.05) is 43.3 Å². The summed E-state index contributed by atoms with van der Waals surface area (Å²) in [7, 11) is 0. The number of halogens is 1. The molecule has 0 spiro atoms. The minimum atomic E-state index is 0.0565. The number of carbonyl (C=O) groups excluding carboxylic acids is 1. The topological polar surface area (TPSA) is 23.6 Å². The van der Waals surface area contributed by atoms with Crippen molar-refractivity contribution in [2.75, 3.05) is 31.1 Å². The molecule has 0 radical (unpaired) electrons. The predicted octanol–water partition coefficient (Wildman–Crippen LogP) is 3.73. The predicted molar refractivity (Wildman–Crippen MR) is 89.1 cm³/mol. The summed E-state index contributed by atoms with van der Waals surface area (Å²) in [5, 5.41) is 0.773. The molecule has 0 saturated carbocycles. The highest BCUT2D eigenvalue weighted by atomic mass is 35.5. The van der Waals surface area contributed by atoms with Crippen LogP contribution in [-0.4, -0.2) is 37.0 Å². The van der Waals surface area contributed by atoms with Crippen LogP contribution in [0.4, 0.5) is 5.69 Å². The number of carbonyl (C=O) groups is 1. The lowest BCUT2D eigenvalue weighted by Crippen LogP contribution is -2.49. The van der Waals surface area contributed by atoms with Crippen molar-refractivity contribution in [2.24, 2.45) is 5.41 Å². The molecule has 1 heterocycles. The van der Waals surface area contributed by atoms with E-state index in [9.17, 15) is 4.79 Å². The van der Waals surface area contributed by atoms with Crippen LogP contribution in [-0.2, 0) is 4.79 Å². The summed E-state index contributed by atoms with van der Waals surface area (Å²) < 4.78 is 0. The zero-order valence-electron chi connectivity index (χ0n) is 13.4. The Hall–Kier alpha value is -1.22. The Morgan fingerprint density at radius 1 is 1.19 bits per heavy atom. The molecule has 21 heavy (non-hydrogen) atoms. The Morgan fingerprint density at radius 3 is 2.33 bits per heavy atom. The monoisotopic (exact) mass is 308 g/mol. The number of hydrogen-bond donors (Lipinski definition) is 0. The molecule has 1 aliphatic heterocycles. The van der Waals surface area contributed by atoms with Gasteiger partial charge in [-0.25, -0.2) is 0 Å². The maximum absolute atomic E-state index is 12.3. The molecule has 0 bridgehead atoms. The number of hydrogen-bond acceptors (Lipinski definition) is 2. The third kappa shape index (κ3) is 4.37. The fourth-order valence-corrected chi connectivity index (χ4v) is 2.96. The molecule has 2 rings (SSSR count). The van der Waals surface area contributed by atoms with Gasteiger partial charge in [-0.05, 0) is 36.1 Å². The van der Waals surface area contributed by atoms with E-state index >= 15 is 0 Å². The second-order valence-corrected chi connectivity index (χ2v) is 7.47. The molecule has 0 aromatic heterocycles. The molecule has 1 amide bonds. The van der Waals surface area contributed by atoms with Gasteiger partial charge in [0.15, 0.2) is 0 Å². The van der Waals surface area contributed by atoms with E-state index in [0.717, 1.165) is 31.2 Å². The summed E-state index contributed by atoms with van der Waals surface area (Å²) in [5.74, 6) is 0.273. The Morgan fingerprint density at radius 2 is 1.81 bits per heavy atom. The summed E-state index contributed by atoms with van der Waals surface area (Å²) in [6.45, 7) is 11.8. The normalized spacial score (nSPS) is 16.2. The van der Waals surface area contributed by atoms with Gasteiger partial charge in [0.25, 0.3) is 0 Å². The maximum Gasteiger partial charge on any atom is 0.223 e. The lowest BCUT2D eigenvalue weighted by atomic mass is 9.91. The van der Waals surface area contributed by atoms with Crippen LogP contribution in [0.3, 0.4) is 0 Å². The minimum absolute atomic E-state index is 0.0565. The average Bonchev–Trinajstić information content (AvgIpc) is 2.37. The molecule has 1 saturated heterocycles. The number of piperazine rings is 1. The van der Waals surface area contributed by atoms with Gasteiger partial charge in [0.1, 0.15) is 0 Å². The van der Waals surface area contributed by atoms with E-state index < -0.39 is 0 Å². The van der Waals surface area contributed by atoms with Gasteiger partial charge in [-0.15, -0.1) is 0 Å². The lowest BCUT2D eigenvalue weighted by molar-refractivity contribution is -0.133. The van der Waals surface area contributed by atoms with Gasteiger partial charge in [0.2, 0.25) is 5.91 Å². The first-order valence-electron chi connectivity index (χ1n) is 7.55. The van der Waals surface area contributed by atoms with Crippen LogP contribution in [0.1, 0.15) is 32.8 Å². The first kappa shape index (κ1) is 16.2. The van der Waals surface area contributed by atoms with E-state index in [1.54, 1.807) is 0 Å². The van der Waals surface area contributed by atoms with Crippen LogP contribution in [0.5, 0.6) is 0 Å². The highest BCUT2D eigenvalue weighted by Crippen LogP contribution is 2.25. The van der Waals surface area contributed by atoms with Gasteiger partial charge >= 0.3 is 0 Å². The number of aryl methyl sites for hydroxylation is 1. The number of nitrogens with zero attached hydrogens (tertiary/aromatic N) is 2. The van der Waals surface area contributed by atoms with E-state index in [2.05, 4.69) is 38.7 Å². The molecule has 0 atom stereocenters. The number of benzene rings is 1. The number of amides is 1. The van der Waals surface area contributed by atoms with E-state index in [-0.39, 0.29) is 11.3 Å². The third-order valence-electron chi connectivity index (χ3n) is 3.81. The summed E-state index contributed by atoms with van der Waals surface area (Å²) in [4.78, 5) is 16.6. The van der Waals surface area contributed by atoms with Crippen LogP contribution in [0.2, 0.25) is 5.02 Å². The van der Waals surface area contributed by atoms with Crippen molar-refractivity contribution in [1.82, 2.24) is 4.90 Å². The number of rotatable bonds is 2. The summed E-state index contributed by atoms with van der Waals surface area (Å²) in [6, 6.07) is 6.00. The Bertz CT molecular complexity index is 514. The molecule has 3 nitrogen and oxygen atoms in total. The molecule has 0 unspecified atom stereocenters. The van der Waals surface area contributed by atoms with Crippen LogP contribution in [0.25, 0.3) is 0 Å². The first-order valence-corrected chi connectivity index (χ1v) is 7.93. The molecular formula is C17H25ClN2O. The van der Waals surface area contributed by atoms with Gasteiger partial charge < -0.3 is 9.80 Å². The van der Waals surface area contributed by atoms with Gasteiger partial charge in [-0.2, -0.15) is 0 Å². The van der Waals surface area contributed by atoms with E-state index in [1.165, 1.54) is 11.3 Å². The van der Waals surface area contributed by atoms with E-state index in [1.807, 2.05) is 17.0 Å². The molecule has 0 aliphatic carbocycles. The van der Waals surface area contributed by atoms with Crippen LogP contribution in [0.15, 0.2) is 18.2 Å². The fourth-order valence-electron chi connectivity index (χ4n) is 2.74. The lowest BCUT2D eigenvalue weighted by Gasteiger charge is -2.37. The van der Waals surface area contributed by atoms with Crippen molar-refractivity contribution in [3.05, 3.63) is 28.8 Å². The van der Waals surface area contributed by atoms with Crippen molar-refractivity contribution in [3.63, 3.8) is 0 Å². The second-order valence-electron chi connectivity index (χ2n) is 7.04. The molecule has 116 valence electrons. The van der Waals surface area contributed by atoms with Crippen molar-refractivity contribution < 1.29 is 4.79 Å². The number of anilines is 1. The summed E-state index contributed by atoms with van der Waals surface area (Å²) in [6.07, 6.45) is 0.618. The second kappa shape index (κ2) is 6.27. The Kier molecular flexibility index (Phi) is 4.82. The average molecular weight is 309 g/mol. The molecule has 0 N–H and O–H groups in total. The highest BCUT2D eigenvalue weighted by molar-refractivity contribution is 6.30. The SMILES string of the molecule is Cc1cc(Cl)ccc1N1CCN(C(=O)CC(C)(C)C)CC1. The molecule has 1 aromatic rings. The van der Waals surface area contributed by atoms with Crippen molar-refractivity contribution >= 4 is 23.2 Å². The standard InChI is InChI=1S/C17H25ClN2O/c1-13-11-14(18)5-6-15(13)19-7-9-20(10-8-19)16(21)12-17(2,3)4/h5-6,11H,7-10,12H2,1-4H3. The van der Waals surface area contributed by atoms with Gasteiger partial charge in [0.05, 0.1) is 0 Å². The highest BCUT2D eigenvalue weighted by Gasteiger charge is 2.25. The zero-order valence-corrected chi connectivity index (χ0v) is 14.2. The van der Waals surface area contributed by atoms with Crippen LogP contribution >= 0.6 is 11.6 Å². The fraction of sp³-hybridized carbons (Fsp3) is 0.588. The van der Waals surface area contributed by atoms with Crippen molar-refractivity contribution in [2.45, 2.75) is 34.1 Å². The van der Waals surface area contributed by atoms with Crippen molar-refractivity contribution in [1.29, 1.82) is 0 Å². The van der Waals surface area contributed by atoms with Gasteiger partial charge in [-0.3, -0.25) is 4.79 Å². The molecule has 1 aliphatic rings. The van der Waals surface area contributed by atoms with Crippen molar-refractivity contribution in [3.8, 4) is 0 Å². The summed E-state index contributed by atoms with van der Waals surface area (Å²) in [5.41, 5.74) is 2.47. The smallest absolute Gasteiger partial charge is 0.223 e. The van der Waals surface area contributed by atoms with E-state index in [0.29, 0.717) is 6.42 Å². The van der Waals surface area contributed by atoms with Crippen LogP contribution < -0.4 is 4.90 Å². The minimum Gasteiger partial charge on any atom is -0.368 e. The molecular weight excluding hydrogens is 284 g/mol. The van der Waals surface area contributed by atoms with Gasteiger partial charge in [-0.1, -0.05) is 32.4 Å². The Labute approximate surface area is 132 Å².